The molecule has 2 heterocycles. The molecule has 1 saturated carbocycles. The smallest absolute Gasteiger partial charge is 0.158 e. The number of carbonyl (C=O) groups is 1. The molecule has 2 unspecified atom stereocenters. The van der Waals surface area contributed by atoms with Crippen LogP contribution in [0.4, 0.5) is 0 Å². The van der Waals surface area contributed by atoms with Crippen LogP contribution >= 0.6 is 0 Å². The van der Waals surface area contributed by atoms with Crippen molar-refractivity contribution < 1.29 is 23.7 Å². The molecule has 2 saturated heterocycles. The van der Waals surface area contributed by atoms with Crippen molar-refractivity contribution in [3.8, 4) is 0 Å². The van der Waals surface area contributed by atoms with E-state index in [0.717, 1.165) is 64.6 Å². The summed E-state index contributed by atoms with van der Waals surface area (Å²) in [6, 6.07) is 10.5. The molecule has 5 nitrogen and oxygen atoms in total. The van der Waals surface area contributed by atoms with Gasteiger partial charge in [0.2, 0.25) is 0 Å². The molecular formula is C29H40O5. The van der Waals surface area contributed by atoms with Crippen molar-refractivity contribution in [2.75, 3.05) is 13.2 Å². The summed E-state index contributed by atoms with van der Waals surface area (Å²) in [5.74, 6) is 0.168. The standard InChI is InChI=1S/C29H40O5/c1-2-10-24-25(27(21-26(24)30)34-29-14-7-9-20-32-29)18-17-23(33-28-13-6-8-19-31-28)16-15-22-11-4-3-5-12-22/h2-5,11-12,17-18,23-25,27-29H,1,6-10,13-16,19-21H2/b18-17+/t23-,24+,25+,27+,28?,29?/m0/s1. The van der Waals surface area contributed by atoms with Crippen molar-refractivity contribution >= 4 is 5.78 Å². The molecule has 1 aliphatic carbocycles. The lowest BCUT2D eigenvalue weighted by molar-refractivity contribution is -0.192. The number of ether oxygens (including phenoxy) is 4. The first-order valence-corrected chi connectivity index (χ1v) is 13.1. The van der Waals surface area contributed by atoms with Crippen molar-refractivity contribution in [3.05, 3.63) is 60.7 Å². The third-order valence-corrected chi connectivity index (χ3v) is 7.17. The van der Waals surface area contributed by atoms with Crippen molar-refractivity contribution in [1.29, 1.82) is 0 Å². The maximum absolute atomic E-state index is 12.8. The van der Waals surface area contributed by atoms with E-state index in [0.29, 0.717) is 12.8 Å². The van der Waals surface area contributed by atoms with Crippen molar-refractivity contribution in [2.24, 2.45) is 11.8 Å². The van der Waals surface area contributed by atoms with Gasteiger partial charge in [-0.3, -0.25) is 4.79 Å². The Hall–Kier alpha value is -1.79. The quantitative estimate of drug-likeness (QED) is 0.385. The lowest BCUT2D eigenvalue weighted by Gasteiger charge is -2.29. The highest BCUT2D eigenvalue weighted by atomic mass is 16.7. The Morgan fingerprint density at radius 3 is 2.44 bits per heavy atom. The second-order valence-electron chi connectivity index (χ2n) is 9.73. The highest BCUT2D eigenvalue weighted by Gasteiger charge is 2.42. The summed E-state index contributed by atoms with van der Waals surface area (Å²) in [6.07, 6.45) is 14.7. The van der Waals surface area contributed by atoms with E-state index >= 15 is 0 Å². The van der Waals surface area contributed by atoms with Crippen LogP contribution in [-0.4, -0.2) is 43.8 Å². The number of ketones is 1. The number of allylic oxidation sites excluding steroid dienone is 1. The van der Waals surface area contributed by atoms with Crippen LogP contribution in [0, 0.1) is 11.8 Å². The second-order valence-corrected chi connectivity index (χ2v) is 9.73. The Labute approximate surface area is 204 Å². The zero-order valence-electron chi connectivity index (χ0n) is 20.3. The topological polar surface area (TPSA) is 54.0 Å². The third kappa shape index (κ3) is 7.35. The predicted molar refractivity (Wildman–Crippen MR) is 132 cm³/mol. The van der Waals surface area contributed by atoms with Gasteiger partial charge in [0.05, 0.1) is 12.2 Å². The van der Waals surface area contributed by atoms with Crippen LogP contribution in [0.15, 0.2) is 55.1 Å². The number of Topliss-reactive ketones (excluding diaryl/α,β-unsaturated/α-hetero) is 1. The van der Waals surface area contributed by atoms with Crippen molar-refractivity contribution in [1.82, 2.24) is 0 Å². The molecule has 1 aromatic carbocycles. The predicted octanol–water partition coefficient (Wildman–Crippen LogP) is 5.78. The van der Waals surface area contributed by atoms with Crippen LogP contribution in [-0.2, 0) is 30.2 Å². The van der Waals surface area contributed by atoms with Gasteiger partial charge in [0.25, 0.3) is 0 Å². The summed E-state index contributed by atoms with van der Waals surface area (Å²) in [6.45, 7) is 5.38. The number of hydrogen-bond donors (Lipinski definition) is 0. The SMILES string of the molecule is C=CC[C@H]1C(=O)C[C@@H](OC2CCCCO2)[C@@H]1/C=C/[C@H](CCc1ccccc1)OC1CCCCO1. The van der Waals surface area contributed by atoms with Crippen LogP contribution in [0.25, 0.3) is 0 Å². The number of rotatable bonds is 11. The largest absolute Gasteiger partial charge is 0.353 e. The Morgan fingerprint density at radius 1 is 1.03 bits per heavy atom. The molecule has 0 bridgehead atoms. The van der Waals surface area contributed by atoms with E-state index in [2.05, 4.69) is 43.0 Å². The summed E-state index contributed by atoms with van der Waals surface area (Å²) < 4.78 is 24.4. The summed E-state index contributed by atoms with van der Waals surface area (Å²) in [4.78, 5) is 12.8. The van der Waals surface area contributed by atoms with Gasteiger partial charge < -0.3 is 18.9 Å². The summed E-state index contributed by atoms with van der Waals surface area (Å²) >= 11 is 0. The van der Waals surface area contributed by atoms with Gasteiger partial charge in [0, 0.05) is 31.5 Å². The Morgan fingerprint density at radius 2 is 1.76 bits per heavy atom. The molecule has 0 aromatic heterocycles. The number of hydrogen-bond acceptors (Lipinski definition) is 5. The highest BCUT2D eigenvalue weighted by molar-refractivity contribution is 5.84. The second kappa shape index (κ2) is 13.3. The number of aryl methyl sites for hydroxylation is 1. The molecular weight excluding hydrogens is 428 g/mol. The molecule has 4 rings (SSSR count). The first-order valence-electron chi connectivity index (χ1n) is 13.1. The lowest BCUT2D eigenvalue weighted by Crippen LogP contribution is -2.31. The van der Waals surface area contributed by atoms with Gasteiger partial charge in [0.15, 0.2) is 12.6 Å². The van der Waals surface area contributed by atoms with Gasteiger partial charge in [0.1, 0.15) is 5.78 Å². The van der Waals surface area contributed by atoms with Gasteiger partial charge in [-0.25, -0.2) is 0 Å². The molecule has 0 radical (unpaired) electrons. The zero-order chi connectivity index (χ0) is 23.6. The van der Waals surface area contributed by atoms with Gasteiger partial charge in [-0.05, 0) is 63.4 Å². The fourth-order valence-electron chi connectivity index (χ4n) is 5.27. The van der Waals surface area contributed by atoms with E-state index in [-0.39, 0.29) is 42.4 Å². The average molecular weight is 469 g/mol. The van der Waals surface area contributed by atoms with E-state index in [1.165, 1.54) is 5.56 Å². The van der Waals surface area contributed by atoms with E-state index in [1.54, 1.807) is 0 Å². The molecule has 34 heavy (non-hydrogen) atoms. The van der Waals surface area contributed by atoms with Crippen molar-refractivity contribution in [3.63, 3.8) is 0 Å². The summed E-state index contributed by atoms with van der Waals surface area (Å²) in [7, 11) is 0. The maximum atomic E-state index is 12.8. The highest BCUT2D eigenvalue weighted by Crippen LogP contribution is 2.37. The van der Waals surface area contributed by atoms with Gasteiger partial charge >= 0.3 is 0 Å². The molecule has 5 heteroatoms. The third-order valence-electron chi connectivity index (χ3n) is 7.17. The Kier molecular flexibility index (Phi) is 9.93. The van der Waals surface area contributed by atoms with Crippen LogP contribution in [0.2, 0.25) is 0 Å². The van der Waals surface area contributed by atoms with Gasteiger partial charge in [-0.1, -0.05) is 48.6 Å². The summed E-state index contributed by atoms with van der Waals surface area (Å²) in [5, 5.41) is 0. The van der Waals surface area contributed by atoms with Crippen LogP contribution in [0.5, 0.6) is 0 Å². The molecule has 3 aliphatic rings. The minimum atomic E-state index is -0.203. The first kappa shape index (κ1) is 25.3. The fraction of sp³-hybridized carbons (Fsp3) is 0.621. The van der Waals surface area contributed by atoms with E-state index in [4.69, 9.17) is 18.9 Å². The summed E-state index contributed by atoms with van der Waals surface area (Å²) in [5.41, 5.74) is 1.30. The van der Waals surface area contributed by atoms with Gasteiger partial charge in [-0.15, -0.1) is 6.58 Å². The molecule has 0 spiro atoms. The van der Waals surface area contributed by atoms with Crippen LogP contribution in [0.3, 0.4) is 0 Å². The van der Waals surface area contributed by atoms with E-state index in [9.17, 15) is 4.79 Å². The Bertz CT molecular complexity index is 779. The average Bonchev–Trinajstić information content (AvgIpc) is 3.16. The van der Waals surface area contributed by atoms with Gasteiger partial charge in [-0.2, -0.15) is 0 Å². The molecule has 2 aliphatic heterocycles. The van der Waals surface area contributed by atoms with Crippen LogP contribution in [0.1, 0.15) is 63.4 Å². The Balaban J connectivity index is 1.46. The normalized spacial score (nSPS) is 31.1. The van der Waals surface area contributed by atoms with Crippen molar-refractivity contribution in [2.45, 2.75) is 89.0 Å². The zero-order valence-corrected chi connectivity index (χ0v) is 20.3. The monoisotopic (exact) mass is 468 g/mol. The molecule has 0 N–H and O–H groups in total. The minimum absolute atomic E-state index is 0.00567. The fourth-order valence-corrected chi connectivity index (χ4v) is 5.27. The molecule has 6 atom stereocenters. The van der Waals surface area contributed by atoms with E-state index < -0.39 is 0 Å². The number of carbonyl (C=O) groups excluding carboxylic acids is 1. The molecule has 1 aromatic rings. The first-order chi connectivity index (χ1) is 16.7. The molecule has 3 fully saturated rings. The number of benzene rings is 1. The van der Waals surface area contributed by atoms with Crippen LogP contribution < -0.4 is 0 Å². The lowest BCUT2D eigenvalue weighted by atomic mass is 9.90. The molecule has 186 valence electrons. The maximum Gasteiger partial charge on any atom is 0.158 e. The van der Waals surface area contributed by atoms with E-state index in [1.807, 2.05) is 12.1 Å². The minimum Gasteiger partial charge on any atom is -0.353 e. The molecule has 0 amide bonds.